The van der Waals surface area contributed by atoms with Gasteiger partial charge < -0.3 is 5.32 Å². The highest BCUT2D eigenvalue weighted by atomic mass is 32.2. The molecule has 1 aromatic carbocycles. The SMILES string of the molecule is Cc1ccc(SCCNC(=O)C2CCCCC2)cc1. The Labute approximate surface area is 120 Å². The van der Waals surface area contributed by atoms with E-state index in [-0.39, 0.29) is 11.8 Å². The molecule has 3 heteroatoms. The van der Waals surface area contributed by atoms with Crippen molar-refractivity contribution in [3.05, 3.63) is 29.8 Å². The van der Waals surface area contributed by atoms with Gasteiger partial charge in [-0.05, 0) is 31.9 Å². The molecule has 1 aliphatic rings. The second-order valence-corrected chi connectivity index (χ2v) is 6.46. The van der Waals surface area contributed by atoms with Gasteiger partial charge in [0.25, 0.3) is 0 Å². The third-order valence-corrected chi connectivity index (χ3v) is 4.68. The van der Waals surface area contributed by atoms with Crippen molar-refractivity contribution < 1.29 is 4.79 Å². The minimum Gasteiger partial charge on any atom is -0.355 e. The summed E-state index contributed by atoms with van der Waals surface area (Å²) < 4.78 is 0. The summed E-state index contributed by atoms with van der Waals surface area (Å²) in [6.07, 6.45) is 5.90. The first-order chi connectivity index (χ1) is 9.25. The molecule has 104 valence electrons. The zero-order chi connectivity index (χ0) is 13.5. The zero-order valence-electron chi connectivity index (χ0n) is 11.7. The molecule has 2 nitrogen and oxygen atoms in total. The van der Waals surface area contributed by atoms with Crippen molar-refractivity contribution in [2.24, 2.45) is 5.92 Å². The molecule has 0 unspecified atom stereocenters. The molecule has 0 aromatic heterocycles. The molecule has 1 N–H and O–H groups in total. The second-order valence-electron chi connectivity index (χ2n) is 5.29. The Bertz CT molecular complexity index is 396. The van der Waals surface area contributed by atoms with Gasteiger partial charge in [-0.2, -0.15) is 0 Å². The normalized spacial score (nSPS) is 16.3. The fourth-order valence-electron chi connectivity index (χ4n) is 2.49. The number of aryl methyl sites for hydroxylation is 1. The number of benzene rings is 1. The minimum absolute atomic E-state index is 0.268. The highest BCUT2D eigenvalue weighted by molar-refractivity contribution is 7.99. The summed E-state index contributed by atoms with van der Waals surface area (Å²) in [5.41, 5.74) is 1.29. The molecule has 0 radical (unpaired) electrons. The molecule has 0 aliphatic heterocycles. The summed E-state index contributed by atoms with van der Waals surface area (Å²) in [5, 5.41) is 3.07. The average molecular weight is 277 g/mol. The van der Waals surface area contributed by atoms with E-state index >= 15 is 0 Å². The lowest BCUT2D eigenvalue weighted by molar-refractivity contribution is -0.125. The first kappa shape index (κ1) is 14.4. The third-order valence-electron chi connectivity index (χ3n) is 3.67. The van der Waals surface area contributed by atoms with Crippen molar-refractivity contribution in [1.82, 2.24) is 5.32 Å². The van der Waals surface area contributed by atoms with Gasteiger partial charge in [-0.1, -0.05) is 37.0 Å². The number of carbonyl (C=O) groups excluding carboxylic acids is 1. The van der Waals surface area contributed by atoms with Gasteiger partial charge in [0.1, 0.15) is 0 Å². The molecule has 0 saturated heterocycles. The van der Waals surface area contributed by atoms with Gasteiger partial charge in [0, 0.05) is 23.1 Å². The summed E-state index contributed by atoms with van der Waals surface area (Å²) in [7, 11) is 0. The molecule has 1 fully saturated rings. The molecule has 0 atom stereocenters. The van der Waals surface area contributed by atoms with Crippen LogP contribution in [0.5, 0.6) is 0 Å². The van der Waals surface area contributed by atoms with Gasteiger partial charge in [-0.15, -0.1) is 11.8 Å². The third kappa shape index (κ3) is 4.90. The van der Waals surface area contributed by atoms with Crippen LogP contribution in [-0.4, -0.2) is 18.2 Å². The summed E-state index contributed by atoms with van der Waals surface area (Å²) in [6, 6.07) is 8.54. The van der Waals surface area contributed by atoms with E-state index in [1.54, 1.807) is 11.8 Å². The standard InChI is InChI=1S/C16H23NOS/c1-13-7-9-15(10-8-13)19-12-11-17-16(18)14-5-3-2-4-6-14/h7-10,14H,2-6,11-12H2,1H3,(H,17,18). The summed E-state index contributed by atoms with van der Waals surface area (Å²) >= 11 is 1.80. The van der Waals surface area contributed by atoms with Crippen LogP contribution in [0.4, 0.5) is 0 Å². The number of amides is 1. The van der Waals surface area contributed by atoms with Gasteiger partial charge >= 0.3 is 0 Å². The van der Waals surface area contributed by atoms with Crippen molar-refractivity contribution >= 4 is 17.7 Å². The fourth-order valence-corrected chi connectivity index (χ4v) is 3.26. The molecule has 2 rings (SSSR count). The van der Waals surface area contributed by atoms with Crippen LogP contribution in [0.15, 0.2) is 29.2 Å². The molecular formula is C16H23NOS. The molecule has 1 aliphatic carbocycles. The maximum Gasteiger partial charge on any atom is 0.223 e. The van der Waals surface area contributed by atoms with E-state index in [0.717, 1.165) is 25.1 Å². The Kier molecular flexibility index (Phi) is 5.77. The van der Waals surface area contributed by atoms with Crippen molar-refractivity contribution in [2.75, 3.05) is 12.3 Å². The highest BCUT2D eigenvalue weighted by Gasteiger charge is 2.20. The van der Waals surface area contributed by atoms with Crippen molar-refractivity contribution in [3.8, 4) is 0 Å². The predicted molar refractivity (Wildman–Crippen MR) is 81.5 cm³/mol. The van der Waals surface area contributed by atoms with Crippen LogP contribution >= 0.6 is 11.8 Å². The van der Waals surface area contributed by atoms with Gasteiger partial charge in [0.15, 0.2) is 0 Å². The smallest absolute Gasteiger partial charge is 0.223 e. The summed E-state index contributed by atoms with van der Waals surface area (Å²) in [5.74, 6) is 1.49. The predicted octanol–water partition coefficient (Wildman–Crippen LogP) is 3.78. The molecule has 1 aromatic rings. The van der Waals surface area contributed by atoms with Crippen LogP contribution in [0.25, 0.3) is 0 Å². The van der Waals surface area contributed by atoms with E-state index in [9.17, 15) is 4.79 Å². The Morgan fingerprint density at radius 1 is 1.21 bits per heavy atom. The van der Waals surface area contributed by atoms with Crippen molar-refractivity contribution in [1.29, 1.82) is 0 Å². The van der Waals surface area contributed by atoms with Gasteiger partial charge in [-0.3, -0.25) is 4.79 Å². The summed E-state index contributed by atoms with van der Waals surface area (Å²) in [4.78, 5) is 13.2. The van der Waals surface area contributed by atoms with E-state index in [1.807, 2.05) is 0 Å². The zero-order valence-corrected chi connectivity index (χ0v) is 12.5. The molecule has 1 saturated carbocycles. The van der Waals surface area contributed by atoms with Gasteiger partial charge in [0.05, 0.1) is 0 Å². The van der Waals surface area contributed by atoms with Gasteiger partial charge in [0.2, 0.25) is 5.91 Å². The van der Waals surface area contributed by atoms with Crippen LogP contribution in [0, 0.1) is 12.8 Å². The largest absolute Gasteiger partial charge is 0.355 e. The van der Waals surface area contributed by atoms with Crippen LogP contribution in [0.2, 0.25) is 0 Å². The lowest BCUT2D eigenvalue weighted by Crippen LogP contribution is -2.33. The molecular weight excluding hydrogens is 254 g/mol. The van der Waals surface area contributed by atoms with E-state index in [1.165, 1.54) is 29.7 Å². The van der Waals surface area contributed by atoms with E-state index < -0.39 is 0 Å². The Morgan fingerprint density at radius 3 is 2.58 bits per heavy atom. The number of rotatable bonds is 5. The van der Waals surface area contributed by atoms with Crippen LogP contribution in [0.3, 0.4) is 0 Å². The van der Waals surface area contributed by atoms with Crippen molar-refractivity contribution in [2.45, 2.75) is 43.9 Å². The van der Waals surface area contributed by atoms with Gasteiger partial charge in [-0.25, -0.2) is 0 Å². The second kappa shape index (κ2) is 7.59. The quantitative estimate of drug-likeness (QED) is 0.655. The topological polar surface area (TPSA) is 29.1 Å². The first-order valence-electron chi connectivity index (χ1n) is 7.23. The molecule has 0 spiro atoms. The Balaban J connectivity index is 1.63. The van der Waals surface area contributed by atoms with Crippen LogP contribution in [0.1, 0.15) is 37.7 Å². The van der Waals surface area contributed by atoms with Crippen LogP contribution < -0.4 is 5.32 Å². The Morgan fingerprint density at radius 2 is 1.89 bits per heavy atom. The number of nitrogens with one attached hydrogen (secondary N) is 1. The maximum atomic E-state index is 11.9. The van der Waals surface area contributed by atoms with E-state index in [2.05, 4.69) is 36.5 Å². The fraction of sp³-hybridized carbons (Fsp3) is 0.562. The van der Waals surface area contributed by atoms with Crippen LogP contribution in [-0.2, 0) is 4.79 Å². The summed E-state index contributed by atoms with van der Waals surface area (Å²) in [6.45, 7) is 2.87. The van der Waals surface area contributed by atoms with E-state index in [0.29, 0.717) is 0 Å². The lowest BCUT2D eigenvalue weighted by Gasteiger charge is -2.20. The maximum absolute atomic E-state index is 11.9. The molecule has 0 bridgehead atoms. The van der Waals surface area contributed by atoms with E-state index in [4.69, 9.17) is 0 Å². The number of carbonyl (C=O) groups is 1. The molecule has 0 heterocycles. The first-order valence-corrected chi connectivity index (χ1v) is 8.21. The molecule has 1 amide bonds. The number of hydrogen-bond acceptors (Lipinski definition) is 2. The highest BCUT2D eigenvalue weighted by Crippen LogP contribution is 2.23. The minimum atomic E-state index is 0.268. The molecule has 19 heavy (non-hydrogen) atoms. The number of hydrogen-bond donors (Lipinski definition) is 1. The Hall–Kier alpha value is -0.960. The van der Waals surface area contributed by atoms with Crippen molar-refractivity contribution in [3.63, 3.8) is 0 Å². The lowest BCUT2D eigenvalue weighted by atomic mass is 9.89. The average Bonchev–Trinajstić information content (AvgIpc) is 2.46. The monoisotopic (exact) mass is 277 g/mol. The number of thioether (sulfide) groups is 1.